The number of β-lactam (4-membered cyclic amide) rings is 1. The second kappa shape index (κ2) is 3.06. The van der Waals surface area contributed by atoms with Gasteiger partial charge in [-0.05, 0) is 0 Å². The molecule has 2 rings (SSSR count). The lowest BCUT2D eigenvalue weighted by Gasteiger charge is -2.45. The fraction of sp³-hybridized carbons (Fsp3) is 0.833. The van der Waals surface area contributed by atoms with E-state index in [0.717, 1.165) is 0 Å². The number of carbonyl (C=O) groups is 1. The Kier molecular flexibility index (Phi) is 2.03. The summed E-state index contributed by atoms with van der Waals surface area (Å²) in [5.74, 6) is 0.657. The highest BCUT2D eigenvalue weighted by atomic mass is 32.2. The van der Waals surface area contributed by atoms with E-state index in [9.17, 15) is 14.9 Å². The highest BCUT2D eigenvalue weighted by molar-refractivity contribution is 8.00. The Morgan fingerprint density at radius 3 is 3.08 bits per heavy atom. The molecule has 7 heteroatoms. The zero-order valence-corrected chi connectivity index (χ0v) is 7.53. The molecule has 0 aromatic rings. The summed E-state index contributed by atoms with van der Waals surface area (Å²) in [5.41, 5.74) is 0. The predicted molar refractivity (Wildman–Crippen MR) is 44.4 cm³/mol. The maximum atomic E-state index is 11.0. The molecule has 2 heterocycles. The molecule has 0 aromatic carbocycles. The Morgan fingerprint density at radius 2 is 2.46 bits per heavy atom. The SMILES string of the molecule is O=C1C[C@H]2SCC(O[N+](=O)[O-])CN12. The minimum Gasteiger partial charge on any atom is -0.328 e. The van der Waals surface area contributed by atoms with Crippen LogP contribution in [0.15, 0.2) is 0 Å². The lowest BCUT2D eigenvalue weighted by atomic mass is 10.2. The minimum absolute atomic E-state index is 0.0640. The quantitative estimate of drug-likeness (QED) is 0.356. The number of hydrogen-bond donors (Lipinski definition) is 0. The third kappa shape index (κ3) is 1.55. The maximum Gasteiger partial charge on any atom is 0.294 e. The van der Waals surface area contributed by atoms with Crippen molar-refractivity contribution < 1.29 is 14.7 Å². The minimum atomic E-state index is -0.796. The van der Waals surface area contributed by atoms with Gasteiger partial charge in [0.1, 0.15) is 6.10 Å². The Bertz CT molecular complexity index is 259. The molecule has 0 bridgehead atoms. The smallest absolute Gasteiger partial charge is 0.294 e. The van der Waals surface area contributed by atoms with Gasteiger partial charge in [0.05, 0.1) is 11.8 Å². The highest BCUT2D eigenvalue weighted by Crippen LogP contribution is 2.34. The van der Waals surface area contributed by atoms with Gasteiger partial charge in [-0.2, -0.15) is 0 Å². The van der Waals surface area contributed by atoms with E-state index in [4.69, 9.17) is 0 Å². The molecular weight excluding hydrogens is 196 g/mol. The molecule has 0 radical (unpaired) electrons. The number of nitrogens with zero attached hydrogens (tertiary/aromatic N) is 2. The molecule has 2 aliphatic rings. The molecule has 1 amide bonds. The van der Waals surface area contributed by atoms with E-state index in [1.54, 1.807) is 16.7 Å². The van der Waals surface area contributed by atoms with Gasteiger partial charge < -0.3 is 9.74 Å². The summed E-state index contributed by atoms with van der Waals surface area (Å²) in [6.45, 7) is 0.359. The van der Waals surface area contributed by atoms with Crippen LogP contribution in [0.4, 0.5) is 0 Å². The Hall–Kier alpha value is -0.980. The van der Waals surface area contributed by atoms with Crippen LogP contribution in [0.1, 0.15) is 6.42 Å². The van der Waals surface area contributed by atoms with Crippen molar-refractivity contribution in [2.75, 3.05) is 12.3 Å². The molecule has 2 saturated heterocycles. The van der Waals surface area contributed by atoms with Crippen molar-refractivity contribution in [1.29, 1.82) is 0 Å². The van der Waals surface area contributed by atoms with Gasteiger partial charge in [-0.3, -0.25) is 4.79 Å². The van der Waals surface area contributed by atoms with Crippen LogP contribution in [0.25, 0.3) is 0 Å². The van der Waals surface area contributed by atoms with Crippen LogP contribution in [0.2, 0.25) is 0 Å². The van der Waals surface area contributed by atoms with E-state index in [1.807, 2.05) is 0 Å². The third-order valence-electron chi connectivity index (χ3n) is 2.13. The fourth-order valence-corrected chi connectivity index (χ4v) is 2.72. The molecule has 0 aromatic heterocycles. The van der Waals surface area contributed by atoms with Crippen molar-refractivity contribution in [3.63, 3.8) is 0 Å². The molecule has 0 saturated carbocycles. The summed E-state index contributed by atoms with van der Waals surface area (Å²) in [7, 11) is 0. The van der Waals surface area contributed by atoms with Gasteiger partial charge in [0, 0.05) is 12.3 Å². The van der Waals surface area contributed by atoms with Crippen molar-refractivity contribution in [2.45, 2.75) is 17.9 Å². The monoisotopic (exact) mass is 204 g/mol. The molecule has 6 nitrogen and oxygen atoms in total. The topological polar surface area (TPSA) is 72.7 Å². The van der Waals surface area contributed by atoms with Crippen LogP contribution in [0.5, 0.6) is 0 Å². The lowest BCUT2D eigenvalue weighted by molar-refractivity contribution is -0.767. The first-order valence-electron chi connectivity index (χ1n) is 3.89. The van der Waals surface area contributed by atoms with Crippen LogP contribution < -0.4 is 0 Å². The largest absolute Gasteiger partial charge is 0.328 e. The number of amides is 1. The standard InChI is InChI=1S/C6H8N2O4S/c9-5-1-6-7(5)2-4(3-13-6)12-8(10)11/h4,6H,1-3H2/t4?,6-/m1/s1. The van der Waals surface area contributed by atoms with E-state index in [2.05, 4.69) is 4.84 Å². The Balaban J connectivity index is 1.89. The van der Waals surface area contributed by atoms with Gasteiger partial charge in [0.2, 0.25) is 5.91 Å². The Labute approximate surface area is 78.3 Å². The zero-order chi connectivity index (χ0) is 9.42. The van der Waals surface area contributed by atoms with Crippen LogP contribution in [0.3, 0.4) is 0 Å². The third-order valence-corrected chi connectivity index (χ3v) is 3.50. The second-order valence-corrected chi connectivity index (χ2v) is 4.20. The molecule has 1 unspecified atom stereocenters. The lowest BCUT2D eigenvalue weighted by Crippen LogP contribution is -2.57. The maximum absolute atomic E-state index is 11.0. The van der Waals surface area contributed by atoms with E-state index < -0.39 is 11.2 Å². The summed E-state index contributed by atoms with van der Waals surface area (Å²) < 4.78 is 0. The van der Waals surface area contributed by atoms with Crippen molar-refractivity contribution in [2.24, 2.45) is 0 Å². The van der Waals surface area contributed by atoms with Gasteiger partial charge in [-0.15, -0.1) is 21.9 Å². The number of fused-ring (bicyclic) bond motifs is 1. The van der Waals surface area contributed by atoms with Gasteiger partial charge >= 0.3 is 0 Å². The summed E-state index contributed by atoms with van der Waals surface area (Å²) in [6, 6.07) is 0. The van der Waals surface area contributed by atoms with Crippen molar-refractivity contribution in [1.82, 2.24) is 4.90 Å². The zero-order valence-electron chi connectivity index (χ0n) is 6.71. The van der Waals surface area contributed by atoms with Crippen molar-refractivity contribution in [3.8, 4) is 0 Å². The first-order chi connectivity index (χ1) is 6.16. The molecular formula is C6H8N2O4S. The molecule has 72 valence electrons. The first-order valence-corrected chi connectivity index (χ1v) is 4.94. The van der Waals surface area contributed by atoms with E-state index >= 15 is 0 Å². The molecule has 0 aliphatic carbocycles. The highest BCUT2D eigenvalue weighted by Gasteiger charge is 2.42. The average Bonchev–Trinajstić information content (AvgIpc) is 2.05. The van der Waals surface area contributed by atoms with E-state index in [0.29, 0.717) is 18.7 Å². The summed E-state index contributed by atoms with van der Waals surface area (Å²) in [6.07, 6.45) is 0.107. The summed E-state index contributed by atoms with van der Waals surface area (Å²) in [4.78, 5) is 27.0. The summed E-state index contributed by atoms with van der Waals surface area (Å²) in [5, 5.41) is 9.47. The van der Waals surface area contributed by atoms with Gasteiger partial charge in [0.25, 0.3) is 5.09 Å². The number of thioether (sulfide) groups is 1. The Morgan fingerprint density at radius 1 is 1.69 bits per heavy atom. The summed E-state index contributed by atoms with van der Waals surface area (Å²) >= 11 is 1.54. The van der Waals surface area contributed by atoms with E-state index in [-0.39, 0.29) is 11.3 Å². The molecule has 0 N–H and O–H groups in total. The normalized spacial score (nSPS) is 32.0. The van der Waals surface area contributed by atoms with Gasteiger partial charge in [0.15, 0.2) is 0 Å². The second-order valence-electron chi connectivity index (χ2n) is 2.99. The van der Waals surface area contributed by atoms with Gasteiger partial charge in [-0.1, -0.05) is 0 Å². The predicted octanol–water partition coefficient (Wildman–Crippen LogP) is -0.131. The van der Waals surface area contributed by atoms with E-state index in [1.165, 1.54) is 0 Å². The van der Waals surface area contributed by atoms with Crippen molar-refractivity contribution in [3.05, 3.63) is 10.1 Å². The van der Waals surface area contributed by atoms with Crippen molar-refractivity contribution >= 4 is 17.7 Å². The average molecular weight is 204 g/mol. The molecule has 2 fully saturated rings. The number of rotatable bonds is 2. The van der Waals surface area contributed by atoms with Gasteiger partial charge in [-0.25, -0.2) is 0 Å². The molecule has 13 heavy (non-hydrogen) atoms. The fourth-order valence-electron chi connectivity index (χ4n) is 1.47. The van der Waals surface area contributed by atoms with Crippen LogP contribution in [0, 0.1) is 10.1 Å². The molecule has 2 aliphatic heterocycles. The number of hydrogen-bond acceptors (Lipinski definition) is 5. The molecule has 0 spiro atoms. The van der Waals surface area contributed by atoms with Crippen LogP contribution in [-0.4, -0.2) is 39.7 Å². The van der Waals surface area contributed by atoms with Crippen LogP contribution >= 0.6 is 11.8 Å². The first kappa shape index (κ1) is 8.61. The van der Waals surface area contributed by atoms with Crippen LogP contribution in [-0.2, 0) is 9.63 Å². The molecule has 2 atom stereocenters. The number of carbonyl (C=O) groups excluding carboxylic acids is 1.